The monoisotopic (exact) mass is 491 g/mol. The SMILES string of the molecule is I.NC(=NCCCc1nnc2n1CCCCC2)NCCCN1CCOCC1. The minimum absolute atomic E-state index is 0. The van der Waals surface area contributed by atoms with E-state index < -0.39 is 0 Å². The van der Waals surface area contributed by atoms with Crippen molar-refractivity contribution in [2.75, 3.05) is 45.9 Å². The van der Waals surface area contributed by atoms with E-state index in [1.54, 1.807) is 0 Å². The summed E-state index contributed by atoms with van der Waals surface area (Å²) < 4.78 is 7.67. The lowest BCUT2D eigenvalue weighted by Crippen LogP contribution is -2.39. The third-order valence-electron chi connectivity index (χ3n) is 5.09. The largest absolute Gasteiger partial charge is 0.379 e. The number of aryl methyl sites for hydroxylation is 2. The van der Waals surface area contributed by atoms with Crippen LogP contribution in [0, 0.1) is 0 Å². The van der Waals surface area contributed by atoms with Crippen LogP contribution in [0.5, 0.6) is 0 Å². The van der Waals surface area contributed by atoms with E-state index >= 15 is 0 Å². The highest BCUT2D eigenvalue weighted by Gasteiger charge is 2.14. The maximum absolute atomic E-state index is 5.96. The third-order valence-corrected chi connectivity index (χ3v) is 5.09. The standard InChI is InChI=1S/C18H33N7O.HI/c19-18(21-9-5-10-24-12-14-26-15-13-24)20-8-4-7-17-23-22-16-6-2-1-3-11-25(16)17;/h1-15H2,(H3,19,20,21);1H. The summed E-state index contributed by atoms with van der Waals surface area (Å²) >= 11 is 0. The van der Waals surface area contributed by atoms with Crippen LogP contribution in [0.15, 0.2) is 4.99 Å². The molecule has 0 bridgehead atoms. The fraction of sp³-hybridized carbons (Fsp3) is 0.833. The van der Waals surface area contributed by atoms with Crippen molar-refractivity contribution in [2.24, 2.45) is 10.7 Å². The van der Waals surface area contributed by atoms with Crippen molar-refractivity contribution in [3.63, 3.8) is 0 Å². The van der Waals surface area contributed by atoms with Gasteiger partial charge < -0.3 is 20.4 Å². The molecule has 3 N–H and O–H groups in total. The van der Waals surface area contributed by atoms with E-state index in [2.05, 4.69) is 30.0 Å². The molecule has 154 valence electrons. The lowest BCUT2D eigenvalue weighted by atomic mass is 10.2. The van der Waals surface area contributed by atoms with Gasteiger partial charge in [0.1, 0.15) is 11.6 Å². The molecular formula is C18H34IN7O. The molecule has 8 nitrogen and oxygen atoms in total. The normalized spacial score (nSPS) is 18.4. The van der Waals surface area contributed by atoms with Gasteiger partial charge in [0.05, 0.1) is 13.2 Å². The van der Waals surface area contributed by atoms with Crippen LogP contribution in [0.3, 0.4) is 0 Å². The summed E-state index contributed by atoms with van der Waals surface area (Å²) in [5.41, 5.74) is 5.96. The fourth-order valence-electron chi connectivity index (χ4n) is 3.57. The van der Waals surface area contributed by atoms with Crippen molar-refractivity contribution in [1.29, 1.82) is 0 Å². The molecule has 0 aromatic carbocycles. The van der Waals surface area contributed by atoms with Gasteiger partial charge in [-0.05, 0) is 32.2 Å². The topological polar surface area (TPSA) is 93.6 Å². The molecule has 1 saturated heterocycles. The Bertz CT molecular complexity index is 572. The number of hydrogen-bond donors (Lipinski definition) is 2. The van der Waals surface area contributed by atoms with Crippen LogP contribution < -0.4 is 11.1 Å². The molecule has 27 heavy (non-hydrogen) atoms. The van der Waals surface area contributed by atoms with Crippen molar-refractivity contribution in [1.82, 2.24) is 25.0 Å². The van der Waals surface area contributed by atoms with Crippen molar-refractivity contribution >= 4 is 29.9 Å². The van der Waals surface area contributed by atoms with Gasteiger partial charge in [-0.15, -0.1) is 34.2 Å². The molecule has 0 saturated carbocycles. The molecule has 0 aliphatic carbocycles. The molecule has 0 spiro atoms. The molecule has 0 radical (unpaired) electrons. The van der Waals surface area contributed by atoms with Crippen molar-refractivity contribution in [3.05, 3.63) is 11.6 Å². The molecular weight excluding hydrogens is 457 g/mol. The number of morpholine rings is 1. The number of nitrogens with one attached hydrogen (secondary N) is 1. The first kappa shape index (κ1) is 22.4. The van der Waals surface area contributed by atoms with Gasteiger partial charge >= 0.3 is 0 Å². The summed E-state index contributed by atoms with van der Waals surface area (Å²) in [5.74, 6) is 2.81. The maximum Gasteiger partial charge on any atom is 0.188 e. The summed E-state index contributed by atoms with van der Waals surface area (Å²) in [6.45, 7) is 7.52. The zero-order chi connectivity index (χ0) is 18.0. The molecule has 2 aliphatic rings. The number of ether oxygens (including phenoxy) is 1. The Morgan fingerprint density at radius 1 is 1.11 bits per heavy atom. The molecule has 0 atom stereocenters. The van der Waals surface area contributed by atoms with Crippen LogP contribution in [-0.2, 0) is 24.1 Å². The van der Waals surface area contributed by atoms with Gasteiger partial charge in [-0.1, -0.05) is 6.42 Å². The minimum Gasteiger partial charge on any atom is -0.379 e. The number of hydrogen-bond acceptors (Lipinski definition) is 5. The molecule has 3 heterocycles. The van der Waals surface area contributed by atoms with E-state index in [1.807, 2.05) is 0 Å². The first-order chi connectivity index (χ1) is 12.8. The summed E-state index contributed by atoms with van der Waals surface area (Å²) in [7, 11) is 0. The number of halogens is 1. The maximum atomic E-state index is 5.96. The zero-order valence-electron chi connectivity index (χ0n) is 16.2. The van der Waals surface area contributed by atoms with Crippen LogP contribution in [-0.4, -0.2) is 71.6 Å². The molecule has 9 heteroatoms. The highest BCUT2D eigenvalue weighted by atomic mass is 127. The van der Waals surface area contributed by atoms with Crippen molar-refractivity contribution in [2.45, 2.75) is 51.5 Å². The van der Waals surface area contributed by atoms with Gasteiger partial charge in [-0.2, -0.15) is 0 Å². The van der Waals surface area contributed by atoms with E-state index in [4.69, 9.17) is 10.5 Å². The molecule has 1 aromatic heterocycles. The Labute approximate surface area is 179 Å². The number of nitrogens with two attached hydrogens (primary N) is 1. The minimum atomic E-state index is 0. The third kappa shape index (κ3) is 7.53. The predicted octanol–water partition coefficient (Wildman–Crippen LogP) is 1.18. The Hall–Kier alpha value is -0.940. The van der Waals surface area contributed by atoms with Crippen LogP contribution in [0.1, 0.15) is 43.8 Å². The van der Waals surface area contributed by atoms with Gasteiger partial charge in [-0.25, -0.2) is 0 Å². The Morgan fingerprint density at radius 3 is 2.81 bits per heavy atom. The number of fused-ring (bicyclic) bond motifs is 1. The van der Waals surface area contributed by atoms with E-state index in [0.717, 1.165) is 89.8 Å². The van der Waals surface area contributed by atoms with Crippen LogP contribution in [0.4, 0.5) is 0 Å². The van der Waals surface area contributed by atoms with Crippen molar-refractivity contribution < 1.29 is 4.74 Å². The highest BCUT2D eigenvalue weighted by molar-refractivity contribution is 14.0. The number of aromatic nitrogens is 3. The quantitative estimate of drug-likeness (QED) is 0.246. The van der Waals surface area contributed by atoms with Gasteiger partial charge in [0.25, 0.3) is 0 Å². The Balaban J connectivity index is 0.00000261. The zero-order valence-corrected chi connectivity index (χ0v) is 18.6. The van der Waals surface area contributed by atoms with Gasteiger partial charge in [0.15, 0.2) is 5.96 Å². The van der Waals surface area contributed by atoms with Gasteiger partial charge in [0, 0.05) is 45.6 Å². The highest BCUT2D eigenvalue weighted by Crippen LogP contribution is 2.15. The van der Waals surface area contributed by atoms with Crippen molar-refractivity contribution in [3.8, 4) is 0 Å². The lowest BCUT2D eigenvalue weighted by Gasteiger charge is -2.26. The lowest BCUT2D eigenvalue weighted by molar-refractivity contribution is 0.0376. The Morgan fingerprint density at radius 2 is 1.96 bits per heavy atom. The number of aliphatic imine (C=N–C) groups is 1. The molecule has 3 rings (SSSR count). The van der Waals surface area contributed by atoms with Crippen LogP contribution in [0.25, 0.3) is 0 Å². The second-order valence-electron chi connectivity index (χ2n) is 7.10. The first-order valence-electron chi connectivity index (χ1n) is 10.1. The van der Waals surface area contributed by atoms with E-state index in [-0.39, 0.29) is 24.0 Å². The number of rotatable bonds is 8. The second-order valence-corrected chi connectivity index (χ2v) is 7.10. The summed E-state index contributed by atoms with van der Waals surface area (Å²) in [6.07, 6.45) is 7.76. The van der Waals surface area contributed by atoms with E-state index in [0.29, 0.717) is 5.96 Å². The predicted molar refractivity (Wildman–Crippen MR) is 118 cm³/mol. The molecule has 0 amide bonds. The summed E-state index contributed by atoms with van der Waals surface area (Å²) in [4.78, 5) is 6.86. The molecule has 1 aromatic rings. The molecule has 2 aliphatic heterocycles. The number of guanidine groups is 1. The van der Waals surface area contributed by atoms with Crippen LogP contribution >= 0.6 is 24.0 Å². The average Bonchev–Trinajstić information content (AvgIpc) is 2.89. The van der Waals surface area contributed by atoms with E-state index in [9.17, 15) is 0 Å². The Kier molecular flexibility index (Phi) is 10.4. The van der Waals surface area contributed by atoms with Gasteiger partial charge in [0.2, 0.25) is 0 Å². The molecule has 0 unspecified atom stereocenters. The summed E-state index contributed by atoms with van der Waals surface area (Å²) in [6, 6.07) is 0. The second kappa shape index (κ2) is 12.5. The smallest absolute Gasteiger partial charge is 0.188 e. The summed E-state index contributed by atoms with van der Waals surface area (Å²) in [5, 5.41) is 11.9. The fourth-order valence-corrected chi connectivity index (χ4v) is 3.57. The van der Waals surface area contributed by atoms with Gasteiger partial charge in [-0.3, -0.25) is 9.89 Å². The van der Waals surface area contributed by atoms with E-state index in [1.165, 1.54) is 19.3 Å². The molecule has 1 fully saturated rings. The first-order valence-corrected chi connectivity index (χ1v) is 10.1. The number of nitrogens with zero attached hydrogens (tertiary/aromatic N) is 5. The average molecular weight is 491 g/mol. The van der Waals surface area contributed by atoms with Crippen LogP contribution in [0.2, 0.25) is 0 Å².